The van der Waals surface area contributed by atoms with E-state index in [1.54, 1.807) is 23.9 Å². The predicted octanol–water partition coefficient (Wildman–Crippen LogP) is 3.73. The fourth-order valence-corrected chi connectivity index (χ4v) is 4.02. The molecule has 0 bridgehead atoms. The van der Waals surface area contributed by atoms with Crippen molar-refractivity contribution in [3.05, 3.63) is 77.3 Å². The summed E-state index contributed by atoms with van der Waals surface area (Å²) in [4.78, 5) is 13.1. The monoisotopic (exact) mass is 389 g/mol. The summed E-state index contributed by atoms with van der Waals surface area (Å²) in [5.74, 6) is 0.510. The first-order valence-corrected chi connectivity index (χ1v) is 9.73. The minimum Gasteiger partial charge on any atom is -0.443 e. The SMILES string of the molecule is Cc1oc(-n2cccc2)c(C#N)c1C(=O)NCC1(c2ccccc2)CCOCC1. The summed E-state index contributed by atoms with van der Waals surface area (Å²) in [6.45, 7) is 3.52. The molecule has 6 heteroatoms. The number of benzene rings is 1. The zero-order valence-electron chi connectivity index (χ0n) is 16.4. The van der Waals surface area contributed by atoms with Gasteiger partial charge < -0.3 is 14.5 Å². The molecule has 1 amide bonds. The third-order valence-electron chi connectivity index (χ3n) is 5.67. The summed E-state index contributed by atoms with van der Waals surface area (Å²) in [6, 6.07) is 16.1. The van der Waals surface area contributed by atoms with Crippen LogP contribution in [0, 0.1) is 18.3 Å². The van der Waals surface area contributed by atoms with Crippen LogP contribution in [0.25, 0.3) is 5.88 Å². The van der Waals surface area contributed by atoms with Crippen molar-refractivity contribution in [3.8, 4) is 12.0 Å². The summed E-state index contributed by atoms with van der Waals surface area (Å²) in [5.41, 5.74) is 1.56. The lowest BCUT2D eigenvalue weighted by Gasteiger charge is -2.38. The topological polar surface area (TPSA) is 80.2 Å². The normalized spacial score (nSPS) is 15.6. The van der Waals surface area contributed by atoms with Gasteiger partial charge in [-0.15, -0.1) is 0 Å². The number of furan rings is 1. The van der Waals surface area contributed by atoms with Gasteiger partial charge in [0.05, 0.1) is 0 Å². The van der Waals surface area contributed by atoms with Gasteiger partial charge >= 0.3 is 0 Å². The number of nitrogens with zero attached hydrogens (tertiary/aromatic N) is 2. The number of ether oxygens (including phenoxy) is 1. The van der Waals surface area contributed by atoms with Gasteiger partial charge in [0.15, 0.2) is 0 Å². The molecule has 1 fully saturated rings. The zero-order chi connectivity index (χ0) is 20.3. The lowest BCUT2D eigenvalue weighted by Crippen LogP contribution is -2.44. The highest BCUT2D eigenvalue weighted by Crippen LogP contribution is 2.34. The van der Waals surface area contributed by atoms with Crippen LogP contribution in [0.4, 0.5) is 0 Å². The quantitative estimate of drug-likeness (QED) is 0.721. The number of hydrogen-bond donors (Lipinski definition) is 1. The molecule has 0 aliphatic carbocycles. The molecule has 4 rings (SSSR count). The van der Waals surface area contributed by atoms with E-state index in [-0.39, 0.29) is 16.9 Å². The Balaban J connectivity index is 1.60. The predicted molar refractivity (Wildman–Crippen MR) is 108 cm³/mol. The van der Waals surface area contributed by atoms with Crippen molar-refractivity contribution in [2.24, 2.45) is 0 Å². The number of aryl methyl sites for hydroxylation is 1. The van der Waals surface area contributed by atoms with Crippen LogP contribution in [-0.4, -0.2) is 30.2 Å². The zero-order valence-corrected chi connectivity index (χ0v) is 16.4. The number of amides is 1. The van der Waals surface area contributed by atoms with E-state index in [4.69, 9.17) is 9.15 Å². The van der Waals surface area contributed by atoms with E-state index in [2.05, 4.69) is 23.5 Å². The van der Waals surface area contributed by atoms with Crippen molar-refractivity contribution in [1.82, 2.24) is 9.88 Å². The summed E-state index contributed by atoms with van der Waals surface area (Å²) in [5, 5.41) is 12.8. The molecule has 2 aromatic heterocycles. The van der Waals surface area contributed by atoms with Crippen LogP contribution in [0.1, 0.15) is 40.1 Å². The lowest BCUT2D eigenvalue weighted by molar-refractivity contribution is 0.0487. The summed E-state index contributed by atoms with van der Waals surface area (Å²) < 4.78 is 13.0. The van der Waals surface area contributed by atoms with E-state index in [1.165, 1.54) is 5.56 Å². The van der Waals surface area contributed by atoms with Gasteiger partial charge in [-0.25, -0.2) is 0 Å². The van der Waals surface area contributed by atoms with Crippen molar-refractivity contribution in [3.63, 3.8) is 0 Å². The Hall–Kier alpha value is -3.30. The molecule has 1 aromatic carbocycles. The number of aromatic nitrogens is 1. The maximum absolute atomic E-state index is 13.1. The molecule has 1 aliphatic rings. The molecule has 1 N–H and O–H groups in total. The van der Waals surface area contributed by atoms with Gasteiger partial charge in [0.1, 0.15) is 23.0 Å². The second kappa shape index (κ2) is 7.98. The standard InChI is InChI=1S/C23H23N3O3/c1-17-20(19(15-24)22(29-17)26-11-5-6-12-26)21(27)25-16-23(9-13-28-14-10-23)18-7-3-2-4-8-18/h2-8,11-12H,9-10,13-14,16H2,1H3,(H,25,27). The van der Waals surface area contributed by atoms with E-state index in [1.807, 2.05) is 30.3 Å². The molecular formula is C23H23N3O3. The van der Waals surface area contributed by atoms with Crippen LogP contribution in [-0.2, 0) is 10.2 Å². The highest BCUT2D eigenvalue weighted by molar-refractivity contribution is 5.98. The van der Waals surface area contributed by atoms with Crippen LogP contribution in [0.3, 0.4) is 0 Å². The molecule has 148 valence electrons. The van der Waals surface area contributed by atoms with Crippen molar-refractivity contribution >= 4 is 5.91 Å². The van der Waals surface area contributed by atoms with E-state index < -0.39 is 0 Å². The summed E-state index contributed by atoms with van der Waals surface area (Å²) in [7, 11) is 0. The van der Waals surface area contributed by atoms with Crippen LogP contribution in [0.5, 0.6) is 0 Å². The largest absolute Gasteiger partial charge is 0.443 e. The first kappa shape index (κ1) is 19.0. The average Bonchev–Trinajstić information content (AvgIpc) is 3.41. The van der Waals surface area contributed by atoms with Crippen LogP contribution >= 0.6 is 0 Å². The van der Waals surface area contributed by atoms with Gasteiger partial charge in [-0.2, -0.15) is 5.26 Å². The Morgan fingerprint density at radius 3 is 2.52 bits per heavy atom. The molecule has 0 saturated carbocycles. The Labute approximate surface area is 169 Å². The van der Waals surface area contributed by atoms with E-state index in [9.17, 15) is 10.1 Å². The molecule has 29 heavy (non-hydrogen) atoms. The molecule has 1 saturated heterocycles. The molecule has 3 heterocycles. The summed E-state index contributed by atoms with van der Waals surface area (Å²) >= 11 is 0. The Kier molecular flexibility index (Phi) is 5.24. The molecule has 0 unspecified atom stereocenters. The van der Waals surface area contributed by atoms with E-state index in [0.29, 0.717) is 37.0 Å². The highest BCUT2D eigenvalue weighted by Gasteiger charge is 2.35. The number of nitriles is 1. The van der Waals surface area contributed by atoms with Crippen molar-refractivity contribution < 1.29 is 13.9 Å². The average molecular weight is 389 g/mol. The second-order valence-corrected chi connectivity index (χ2v) is 7.36. The number of nitrogens with one attached hydrogen (secondary N) is 1. The number of hydrogen-bond acceptors (Lipinski definition) is 4. The van der Waals surface area contributed by atoms with Crippen LogP contribution in [0.15, 0.2) is 59.3 Å². The molecule has 0 spiro atoms. The van der Waals surface area contributed by atoms with Gasteiger partial charge in [0.2, 0.25) is 5.88 Å². The van der Waals surface area contributed by atoms with Gasteiger partial charge in [0.25, 0.3) is 5.91 Å². The third kappa shape index (κ3) is 3.57. The first-order chi connectivity index (χ1) is 14.1. The van der Waals surface area contributed by atoms with Gasteiger partial charge in [0, 0.05) is 37.6 Å². The fraction of sp³-hybridized carbons (Fsp3) is 0.304. The van der Waals surface area contributed by atoms with Crippen molar-refractivity contribution in [2.45, 2.75) is 25.2 Å². The Morgan fingerprint density at radius 1 is 1.17 bits per heavy atom. The number of carbonyl (C=O) groups excluding carboxylic acids is 1. The Bertz CT molecular complexity index is 1020. The minimum atomic E-state index is -0.289. The van der Waals surface area contributed by atoms with Crippen molar-refractivity contribution in [1.29, 1.82) is 5.26 Å². The molecule has 0 atom stereocenters. The van der Waals surface area contributed by atoms with E-state index >= 15 is 0 Å². The first-order valence-electron chi connectivity index (χ1n) is 9.73. The highest BCUT2D eigenvalue weighted by atomic mass is 16.5. The second-order valence-electron chi connectivity index (χ2n) is 7.36. The van der Waals surface area contributed by atoms with E-state index in [0.717, 1.165) is 12.8 Å². The Morgan fingerprint density at radius 2 is 1.86 bits per heavy atom. The minimum absolute atomic E-state index is 0.178. The maximum atomic E-state index is 13.1. The molecule has 6 nitrogen and oxygen atoms in total. The van der Waals surface area contributed by atoms with Crippen LogP contribution < -0.4 is 5.32 Å². The maximum Gasteiger partial charge on any atom is 0.256 e. The molecule has 1 aliphatic heterocycles. The van der Waals surface area contributed by atoms with Gasteiger partial charge in [-0.05, 0) is 37.5 Å². The smallest absolute Gasteiger partial charge is 0.256 e. The summed E-state index contributed by atoms with van der Waals surface area (Å²) in [6.07, 6.45) is 5.24. The lowest BCUT2D eigenvalue weighted by atomic mass is 9.74. The number of rotatable bonds is 5. The number of carbonyl (C=O) groups is 1. The third-order valence-corrected chi connectivity index (χ3v) is 5.67. The molecule has 3 aromatic rings. The van der Waals surface area contributed by atoms with Gasteiger partial charge in [-0.1, -0.05) is 30.3 Å². The molecular weight excluding hydrogens is 366 g/mol. The fourth-order valence-electron chi connectivity index (χ4n) is 4.02. The van der Waals surface area contributed by atoms with Crippen molar-refractivity contribution in [2.75, 3.05) is 19.8 Å². The van der Waals surface area contributed by atoms with Gasteiger partial charge in [-0.3, -0.25) is 9.36 Å². The van der Waals surface area contributed by atoms with Crippen LogP contribution in [0.2, 0.25) is 0 Å². The molecule has 0 radical (unpaired) electrons.